The Bertz CT molecular complexity index is 417. The van der Waals surface area contributed by atoms with Gasteiger partial charge in [0.25, 0.3) is 0 Å². The number of carbonyl (C=O) groups is 2. The molecule has 1 N–H and O–H groups in total. The fourth-order valence-electron chi connectivity index (χ4n) is 4.10. The van der Waals surface area contributed by atoms with Gasteiger partial charge in [-0.25, -0.2) is 0 Å². The van der Waals surface area contributed by atoms with Crippen LogP contribution >= 0.6 is 0 Å². The van der Waals surface area contributed by atoms with Crippen LogP contribution in [0.1, 0.15) is 136 Å². The standard InChI is InChI=1S/C25H49NO3.Na/c1-4-6-7-8-9-10-11-12-13-14-15-16-17-18-19-20-22-25(26-3,24(28)29)23(27)21-5-2;/h26H,4-22H2,1-3H3,(H,28,29);/q;+1/p-1. The molecule has 0 aliphatic rings. The predicted octanol–water partition coefficient (Wildman–Crippen LogP) is 2.72. The Morgan fingerprint density at radius 1 is 0.667 bits per heavy atom. The minimum Gasteiger partial charge on any atom is -0.548 e. The normalized spacial score (nSPS) is 12.9. The first-order chi connectivity index (χ1) is 14.0. The molecule has 0 saturated heterocycles. The molecule has 0 aliphatic carbocycles. The van der Waals surface area contributed by atoms with E-state index < -0.39 is 11.5 Å². The van der Waals surface area contributed by atoms with Gasteiger partial charge in [-0.15, -0.1) is 0 Å². The van der Waals surface area contributed by atoms with E-state index in [1.165, 1.54) is 83.5 Å². The second-order valence-corrected chi connectivity index (χ2v) is 8.67. The first kappa shape index (κ1) is 32.3. The fourth-order valence-corrected chi connectivity index (χ4v) is 4.10. The number of ketones is 1. The largest absolute Gasteiger partial charge is 1.00 e. The zero-order chi connectivity index (χ0) is 21.8. The van der Waals surface area contributed by atoms with Gasteiger partial charge in [0.2, 0.25) is 0 Å². The van der Waals surface area contributed by atoms with E-state index in [-0.39, 0.29) is 41.8 Å². The van der Waals surface area contributed by atoms with E-state index >= 15 is 0 Å². The third kappa shape index (κ3) is 15.0. The summed E-state index contributed by atoms with van der Waals surface area (Å²) in [7, 11) is 1.55. The van der Waals surface area contributed by atoms with Gasteiger partial charge in [0, 0.05) is 6.42 Å². The van der Waals surface area contributed by atoms with Gasteiger partial charge in [0.15, 0.2) is 5.78 Å². The molecular weight excluding hydrogens is 385 g/mol. The summed E-state index contributed by atoms with van der Waals surface area (Å²) in [6.45, 7) is 4.16. The molecule has 0 bridgehead atoms. The topological polar surface area (TPSA) is 69.2 Å². The first-order valence-electron chi connectivity index (χ1n) is 12.5. The van der Waals surface area contributed by atoms with Crippen LogP contribution in [0.2, 0.25) is 0 Å². The predicted molar refractivity (Wildman–Crippen MR) is 121 cm³/mol. The van der Waals surface area contributed by atoms with Gasteiger partial charge in [-0.2, -0.15) is 0 Å². The maximum atomic E-state index is 12.2. The summed E-state index contributed by atoms with van der Waals surface area (Å²) in [5.74, 6) is -1.53. The minimum atomic E-state index is -1.49. The summed E-state index contributed by atoms with van der Waals surface area (Å²) in [5.41, 5.74) is -1.49. The molecule has 30 heavy (non-hydrogen) atoms. The van der Waals surface area contributed by atoms with Gasteiger partial charge >= 0.3 is 29.6 Å². The molecule has 5 heteroatoms. The second kappa shape index (κ2) is 22.3. The number of hydrogen-bond donors (Lipinski definition) is 1. The molecule has 0 aromatic rings. The number of nitrogens with one attached hydrogen (secondary N) is 1. The molecule has 4 nitrogen and oxygen atoms in total. The molecule has 1 atom stereocenters. The van der Waals surface area contributed by atoms with E-state index in [1.807, 2.05) is 6.92 Å². The molecule has 0 radical (unpaired) electrons. The summed E-state index contributed by atoms with van der Waals surface area (Å²) in [6, 6.07) is 0. The zero-order valence-electron chi connectivity index (χ0n) is 20.7. The van der Waals surface area contributed by atoms with Gasteiger partial charge < -0.3 is 15.2 Å². The number of unbranched alkanes of at least 4 members (excludes halogenated alkanes) is 15. The Labute approximate surface area is 209 Å². The number of likely N-dealkylation sites (N-methyl/N-ethyl adjacent to an activating group) is 1. The molecule has 0 aromatic heterocycles. The third-order valence-electron chi connectivity index (χ3n) is 6.13. The molecule has 0 rings (SSSR count). The van der Waals surface area contributed by atoms with Gasteiger partial charge in [-0.1, -0.05) is 117 Å². The molecule has 0 fully saturated rings. The summed E-state index contributed by atoms with van der Waals surface area (Å²) < 4.78 is 0. The van der Waals surface area contributed by atoms with E-state index in [4.69, 9.17) is 0 Å². The van der Waals surface area contributed by atoms with E-state index in [9.17, 15) is 14.7 Å². The van der Waals surface area contributed by atoms with E-state index in [2.05, 4.69) is 12.2 Å². The summed E-state index contributed by atoms with van der Waals surface area (Å²) in [4.78, 5) is 23.8. The van der Waals surface area contributed by atoms with Crippen molar-refractivity contribution in [3.63, 3.8) is 0 Å². The van der Waals surface area contributed by atoms with Crippen LogP contribution in [-0.4, -0.2) is 24.3 Å². The van der Waals surface area contributed by atoms with E-state index in [1.54, 1.807) is 7.05 Å². The van der Waals surface area contributed by atoms with Crippen LogP contribution in [0.25, 0.3) is 0 Å². The molecule has 0 spiro atoms. The van der Waals surface area contributed by atoms with Gasteiger partial charge in [-0.3, -0.25) is 4.79 Å². The van der Waals surface area contributed by atoms with Crippen molar-refractivity contribution in [3.05, 3.63) is 0 Å². The SMILES string of the molecule is CCCCCCCCCCCCCCCCCCC(NC)(C(=O)[O-])C(=O)CCC.[Na+]. The number of Topliss-reactive ketones (excluding diaryl/α,β-unsaturated/α-hetero) is 1. The van der Waals surface area contributed by atoms with Crippen molar-refractivity contribution in [2.24, 2.45) is 0 Å². The number of hydrogen-bond acceptors (Lipinski definition) is 4. The number of carboxylic acid groups (broad SMARTS) is 1. The van der Waals surface area contributed by atoms with Crippen molar-refractivity contribution in [3.8, 4) is 0 Å². The molecule has 1 unspecified atom stereocenters. The number of carbonyl (C=O) groups excluding carboxylic acids is 2. The molecule has 0 saturated carbocycles. The monoisotopic (exact) mass is 433 g/mol. The van der Waals surface area contributed by atoms with Gasteiger partial charge in [0.1, 0.15) is 5.54 Å². The van der Waals surface area contributed by atoms with Crippen LogP contribution in [0.3, 0.4) is 0 Å². The van der Waals surface area contributed by atoms with Crippen molar-refractivity contribution in [1.29, 1.82) is 0 Å². The Balaban J connectivity index is 0. The first-order valence-corrected chi connectivity index (χ1v) is 12.5. The smallest absolute Gasteiger partial charge is 0.548 e. The van der Waals surface area contributed by atoms with E-state index in [0.717, 1.165) is 19.3 Å². The molecule has 0 heterocycles. The van der Waals surface area contributed by atoms with Crippen LogP contribution in [0.4, 0.5) is 0 Å². The summed E-state index contributed by atoms with van der Waals surface area (Å²) in [5, 5.41) is 14.3. The van der Waals surface area contributed by atoms with Crippen molar-refractivity contribution >= 4 is 11.8 Å². The van der Waals surface area contributed by atoms with Crippen molar-refractivity contribution in [2.75, 3.05) is 7.05 Å². The molecular formula is C25H48NNaO3. The Hall–Kier alpha value is 0.1000. The number of rotatable bonds is 22. The molecule has 0 amide bonds. The average molecular weight is 434 g/mol. The van der Waals surface area contributed by atoms with Crippen molar-refractivity contribution in [1.82, 2.24) is 5.32 Å². The van der Waals surface area contributed by atoms with Crippen LogP contribution in [0, 0.1) is 0 Å². The van der Waals surface area contributed by atoms with E-state index in [0.29, 0.717) is 12.8 Å². The molecule has 0 aromatic carbocycles. The van der Waals surface area contributed by atoms with Crippen molar-refractivity contribution in [2.45, 2.75) is 141 Å². The van der Waals surface area contributed by atoms with Crippen LogP contribution in [-0.2, 0) is 9.59 Å². The Morgan fingerprint density at radius 2 is 1.03 bits per heavy atom. The van der Waals surface area contributed by atoms with Gasteiger partial charge in [-0.05, 0) is 19.9 Å². The van der Waals surface area contributed by atoms with Crippen molar-refractivity contribution < 1.29 is 44.3 Å². The summed E-state index contributed by atoms with van der Waals surface area (Å²) >= 11 is 0. The van der Waals surface area contributed by atoms with Crippen LogP contribution in [0.15, 0.2) is 0 Å². The average Bonchev–Trinajstić information content (AvgIpc) is 2.70. The summed E-state index contributed by atoms with van der Waals surface area (Å²) in [6.07, 6.45) is 21.8. The van der Waals surface area contributed by atoms with Gasteiger partial charge in [0.05, 0.1) is 5.97 Å². The zero-order valence-corrected chi connectivity index (χ0v) is 22.7. The van der Waals surface area contributed by atoms with Crippen LogP contribution < -0.4 is 40.0 Å². The second-order valence-electron chi connectivity index (χ2n) is 8.67. The number of aliphatic carboxylic acids is 1. The Kier molecular flexibility index (Phi) is 24.0. The maximum absolute atomic E-state index is 12.2. The quantitative estimate of drug-likeness (QED) is 0.162. The van der Waals surface area contributed by atoms with Crippen LogP contribution in [0.5, 0.6) is 0 Å². The maximum Gasteiger partial charge on any atom is 1.00 e. The Morgan fingerprint density at radius 3 is 1.33 bits per heavy atom. The number of carboxylic acids is 1. The minimum absolute atomic E-state index is 0. The fraction of sp³-hybridized carbons (Fsp3) is 0.920. The third-order valence-corrected chi connectivity index (χ3v) is 6.13. The molecule has 172 valence electrons. The molecule has 0 aliphatic heterocycles.